The fourth-order valence-electron chi connectivity index (χ4n) is 2.95. The van der Waals surface area contributed by atoms with Crippen LogP contribution in [0.15, 0.2) is 36.7 Å². The van der Waals surface area contributed by atoms with Gasteiger partial charge in [-0.2, -0.15) is 5.10 Å². The number of aliphatic hydroxyl groups is 1. The third kappa shape index (κ3) is 4.17. The molecule has 0 saturated carbocycles. The minimum atomic E-state index is -0.709. The SMILES string of the molecule is CCn1cc(C(=O)N2CC[C@H](Oc3cccc(F)c3)[C@@H](O)CC2)cn1. The summed E-state index contributed by atoms with van der Waals surface area (Å²) in [5.74, 6) is -0.100. The van der Waals surface area contributed by atoms with Gasteiger partial charge in [0.1, 0.15) is 17.7 Å². The van der Waals surface area contributed by atoms with Crippen LogP contribution in [0.1, 0.15) is 30.1 Å². The standard InChI is InChI=1S/C18H22FN3O3/c1-2-22-12-13(11-20-22)18(24)21-8-6-16(23)17(7-9-21)25-15-5-3-4-14(19)10-15/h3-5,10-12,16-17,23H,2,6-9H2,1H3/t16-,17-/m0/s1. The Balaban J connectivity index is 1.65. The van der Waals surface area contributed by atoms with E-state index >= 15 is 0 Å². The summed E-state index contributed by atoms with van der Waals surface area (Å²) >= 11 is 0. The molecule has 3 rings (SSSR count). The first-order valence-corrected chi connectivity index (χ1v) is 8.49. The van der Waals surface area contributed by atoms with Crippen LogP contribution in [0, 0.1) is 5.82 Å². The van der Waals surface area contributed by atoms with Crippen LogP contribution in [0.25, 0.3) is 0 Å². The van der Waals surface area contributed by atoms with E-state index in [1.54, 1.807) is 34.1 Å². The van der Waals surface area contributed by atoms with Crippen LogP contribution in [0.5, 0.6) is 5.75 Å². The molecule has 0 aliphatic carbocycles. The van der Waals surface area contributed by atoms with Gasteiger partial charge >= 0.3 is 0 Å². The molecule has 0 bridgehead atoms. The number of aliphatic hydroxyl groups excluding tert-OH is 1. The number of benzene rings is 1. The first kappa shape index (κ1) is 17.4. The average molecular weight is 347 g/mol. The van der Waals surface area contributed by atoms with E-state index < -0.39 is 12.2 Å². The lowest BCUT2D eigenvalue weighted by Gasteiger charge is -2.21. The average Bonchev–Trinajstić information content (AvgIpc) is 3.02. The number of hydrogen-bond acceptors (Lipinski definition) is 4. The van der Waals surface area contributed by atoms with Gasteiger partial charge in [-0.25, -0.2) is 4.39 Å². The Labute approximate surface area is 145 Å². The second kappa shape index (κ2) is 7.65. The number of rotatable bonds is 4. The van der Waals surface area contributed by atoms with Crippen molar-refractivity contribution in [3.8, 4) is 5.75 Å². The van der Waals surface area contributed by atoms with Crippen molar-refractivity contribution in [2.45, 2.75) is 38.5 Å². The molecule has 7 heteroatoms. The molecule has 25 heavy (non-hydrogen) atoms. The van der Waals surface area contributed by atoms with Crippen molar-refractivity contribution in [3.63, 3.8) is 0 Å². The maximum atomic E-state index is 13.3. The molecule has 1 aliphatic rings. The Bertz CT molecular complexity index is 734. The molecule has 1 aliphatic heterocycles. The number of aryl methyl sites for hydroxylation is 1. The largest absolute Gasteiger partial charge is 0.488 e. The maximum Gasteiger partial charge on any atom is 0.257 e. The zero-order valence-corrected chi connectivity index (χ0v) is 14.1. The van der Waals surface area contributed by atoms with Crippen molar-refractivity contribution in [2.24, 2.45) is 0 Å². The fraction of sp³-hybridized carbons (Fsp3) is 0.444. The molecule has 6 nitrogen and oxygen atoms in total. The van der Waals surface area contributed by atoms with E-state index in [2.05, 4.69) is 5.10 Å². The lowest BCUT2D eigenvalue weighted by Crippen LogP contribution is -2.32. The third-order valence-electron chi connectivity index (χ3n) is 4.38. The van der Waals surface area contributed by atoms with Gasteiger partial charge in [-0.15, -0.1) is 0 Å². The monoisotopic (exact) mass is 347 g/mol. The van der Waals surface area contributed by atoms with Gasteiger partial charge in [-0.1, -0.05) is 6.07 Å². The van der Waals surface area contributed by atoms with Crippen molar-refractivity contribution in [2.75, 3.05) is 13.1 Å². The van der Waals surface area contributed by atoms with Crippen LogP contribution >= 0.6 is 0 Å². The summed E-state index contributed by atoms with van der Waals surface area (Å²) in [6.45, 7) is 3.57. The van der Waals surface area contributed by atoms with Crippen LogP contribution < -0.4 is 4.74 Å². The van der Waals surface area contributed by atoms with Crippen molar-refractivity contribution < 1.29 is 19.0 Å². The Kier molecular flexibility index (Phi) is 5.33. The molecule has 1 aromatic carbocycles. The molecule has 1 fully saturated rings. The number of halogens is 1. The first-order chi connectivity index (χ1) is 12.1. The second-order valence-corrected chi connectivity index (χ2v) is 6.14. The van der Waals surface area contributed by atoms with E-state index in [1.807, 2.05) is 6.92 Å². The second-order valence-electron chi connectivity index (χ2n) is 6.14. The zero-order chi connectivity index (χ0) is 17.8. The molecule has 1 saturated heterocycles. The van der Waals surface area contributed by atoms with Gasteiger partial charge in [0.2, 0.25) is 0 Å². The van der Waals surface area contributed by atoms with Crippen LogP contribution in [0.2, 0.25) is 0 Å². The highest BCUT2D eigenvalue weighted by molar-refractivity contribution is 5.93. The highest BCUT2D eigenvalue weighted by Gasteiger charge is 2.29. The summed E-state index contributed by atoms with van der Waals surface area (Å²) in [6.07, 6.45) is 2.99. The van der Waals surface area contributed by atoms with Gasteiger partial charge in [0.05, 0.1) is 17.9 Å². The summed E-state index contributed by atoms with van der Waals surface area (Å²) < 4.78 is 20.7. The number of likely N-dealkylation sites (tertiary alicyclic amines) is 1. The summed E-state index contributed by atoms with van der Waals surface area (Å²) in [7, 11) is 0. The van der Waals surface area contributed by atoms with E-state index in [4.69, 9.17) is 4.74 Å². The fourth-order valence-corrected chi connectivity index (χ4v) is 2.95. The molecule has 1 aromatic heterocycles. The quantitative estimate of drug-likeness (QED) is 0.920. The number of amides is 1. The number of aromatic nitrogens is 2. The van der Waals surface area contributed by atoms with Crippen LogP contribution in [0.4, 0.5) is 4.39 Å². The Morgan fingerprint density at radius 2 is 2.20 bits per heavy atom. The van der Waals surface area contributed by atoms with E-state index in [1.165, 1.54) is 12.1 Å². The minimum absolute atomic E-state index is 0.0988. The number of hydrogen-bond donors (Lipinski definition) is 1. The molecular weight excluding hydrogens is 325 g/mol. The predicted molar refractivity (Wildman–Crippen MR) is 89.9 cm³/mol. The van der Waals surface area contributed by atoms with Crippen LogP contribution in [-0.4, -0.2) is 51.0 Å². The highest BCUT2D eigenvalue weighted by Crippen LogP contribution is 2.21. The van der Waals surface area contributed by atoms with Crippen molar-refractivity contribution >= 4 is 5.91 Å². The van der Waals surface area contributed by atoms with E-state index in [-0.39, 0.29) is 11.7 Å². The van der Waals surface area contributed by atoms with Crippen LogP contribution in [-0.2, 0) is 6.54 Å². The summed E-state index contributed by atoms with van der Waals surface area (Å²) in [4.78, 5) is 14.3. The molecule has 2 heterocycles. The van der Waals surface area contributed by atoms with Gasteiger partial charge in [-0.05, 0) is 25.5 Å². The third-order valence-corrected chi connectivity index (χ3v) is 4.38. The van der Waals surface area contributed by atoms with Gasteiger partial charge < -0.3 is 14.7 Å². The lowest BCUT2D eigenvalue weighted by molar-refractivity contribution is 0.0348. The molecule has 1 amide bonds. The topological polar surface area (TPSA) is 67.6 Å². The van der Waals surface area contributed by atoms with Gasteiger partial charge in [-0.3, -0.25) is 9.48 Å². The first-order valence-electron chi connectivity index (χ1n) is 8.49. The molecule has 2 aromatic rings. The summed E-state index contributed by atoms with van der Waals surface area (Å²) in [6, 6.07) is 5.85. The predicted octanol–water partition coefficient (Wildman–Crippen LogP) is 2.09. The van der Waals surface area contributed by atoms with E-state index in [0.29, 0.717) is 43.8 Å². The Morgan fingerprint density at radius 3 is 2.92 bits per heavy atom. The highest BCUT2D eigenvalue weighted by atomic mass is 19.1. The zero-order valence-electron chi connectivity index (χ0n) is 14.1. The number of carbonyl (C=O) groups is 1. The lowest BCUT2D eigenvalue weighted by atomic mass is 10.1. The Morgan fingerprint density at radius 1 is 1.40 bits per heavy atom. The van der Waals surface area contributed by atoms with E-state index in [0.717, 1.165) is 0 Å². The molecule has 0 spiro atoms. The number of nitrogens with zero attached hydrogens (tertiary/aromatic N) is 3. The minimum Gasteiger partial charge on any atom is -0.488 e. The summed E-state index contributed by atoms with van der Waals surface area (Å²) in [5.41, 5.74) is 0.542. The van der Waals surface area contributed by atoms with Gasteiger partial charge in [0.15, 0.2) is 0 Å². The molecule has 0 unspecified atom stereocenters. The molecule has 134 valence electrons. The van der Waals surface area contributed by atoms with Crippen LogP contribution in [0.3, 0.4) is 0 Å². The number of carbonyl (C=O) groups excluding carboxylic acids is 1. The number of ether oxygens (including phenoxy) is 1. The van der Waals surface area contributed by atoms with Gasteiger partial charge in [0, 0.05) is 38.3 Å². The molecule has 0 radical (unpaired) electrons. The molecule has 1 N–H and O–H groups in total. The van der Waals surface area contributed by atoms with Crippen molar-refractivity contribution in [1.82, 2.24) is 14.7 Å². The van der Waals surface area contributed by atoms with Crippen molar-refractivity contribution in [1.29, 1.82) is 0 Å². The normalized spacial score (nSPS) is 21.0. The van der Waals surface area contributed by atoms with E-state index in [9.17, 15) is 14.3 Å². The van der Waals surface area contributed by atoms with Gasteiger partial charge in [0.25, 0.3) is 5.91 Å². The molecule has 2 atom stereocenters. The Hall–Kier alpha value is -2.41. The van der Waals surface area contributed by atoms with Crippen molar-refractivity contribution in [3.05, 3.63) is 48.0 Å². The maximum absolute atomic E-state index is 13.3. The molecular formula is C18H22FN3O3. The smallest absolute Gasteiger partial charge is 0.257 e. The summed E-state index contributed by atoms with van der Waals surface area (Å²) in [5, 5.41) is 14.4.